The van der Waals surface area contributed by atoms with Crippen LogP contribution in [0.1, 0.15) is 26.2 Å². The SMILES string of the molecule is CC[C@H](CNC(=O)[C@@H]1CCC(=O)N1)Oc1ccccc1Cl. The fraction of sp³-hybridized carbons (Fsp3) is 0.467. The van der Waals surface area contributed by atoms with Crippen LogP contribution in [0.3, 0.4) is 0 Å². The number of amides is 2. The molecule has 21 heavy (non-hydrogen) atoms. The number of halogens is 1. The molecule has 1 aromatic carbocycles. The molecule has 5 nitrogen and oxygen atoms in total. The van der Waals surface area contributed by atoms with Gasteiger partial charge in [-0.3, -0.25) is 9.59 Å². The summed E-state index contributed by atoms with van der Waals surface area (Å²) >= 11 is 6.05. The largest absolute Gasteiger partial charge is 0.487 e. The van der Waals surface area contributed by atoms with Gasteiger partial charge in [-0.05, 0) is 25.0 Å². The Morgan fingerprint density at radius 2 is 2.29 bits per heavy atom. The van der Waals surface area contributed by atoms with Gasteiger partial charge in [0.05, 0.1) is 11.6 Å². The number of hydrogen-bond donors (Lipinski definition) is 2. The highest BCUT2D eigenvalue weighted by Gasteiger charge is 2.27. The summed E-state index contributed by atoms with van der Waals surface area (Å²) in [5.74, 6) is 0.367. The van der Waals surface area contributed by atoms with E-state index in [1.165, 1.54) is 0 Å². The number of carbonyl (C=O) groups excluding carboxylic acids is 2. The monoisotopic (exact) mass is 310 g/mol. The number of para-hydroxylation sites is 1. The molecule has 1 heterocycles. The van der Waals surface area contributed by atoms with Crippen molar-refractivity contribution >= 4 is 23.4 Å². The molecule has 0 saturated carbocycles. The Morgan fingerprint density at radius 1 is 1.52 bits per heavy atom. The maximum Gasteiger partial charge on any atom is 0.242 e. The molecule has 1 saturated heterocycles. The third-order valence-electron chi connectivity index (χ3n) is 3.40. The minimum atomic E-state index is -0.421. The van der Waals surface area contributed by atoms with Crippen LogP contribution in [-0.2, 0) is 9.59 Å². The summed E-state index contributed by atoms with van der Waals surface area (Å²) in [7, 11) is 0. The van der Waals surface area contributed by atoms with Gasteiger partial charge in [0.2, 0.25) is 11.8 Å². The van der Waals surface area contributed by atoms with Gasteiger partial charge >= 0.3 is 0 Å². The number of nitrogens with one attached hydrogen (secondary N) is 2. The molecular weight excluding hydrogens is 292 g/mol. The number of rotatable bonds is 6. The standard InChI is InChI=1S/C15H19ClN2O3/c1-2-10(21-13-6-4-3-5-11(13)16)9-17-15(20)12-7-8-14(19)18-12/h3-6,10,12H,2,7-9H2,1H3,(H,17,20)(H,18,19)/t10-,12+/m1/s1. The molecule has 1 aliphatic rings. The summed E-state index contributed by atoms with van der Waals surface area (Å²) in [6.45, 7) is 2.36. The highest BCUT2D eigenvalue weighted by molar-refractivity contribution is 6.32. The van der Waals surface area contributed by atoms with E-state index < -0.39 is 6.04 Å². The fourth-order valence-electron chi connectivity index (χ4n) is 2.14. The minimum absolute atomic E-state index is 0.0745. The first-order valence-electron chi connectivity index (χ1n) is 7.08. The smallest absolute Gasteiger partial charge is 0.242 e. The van der Waals surface area contributed by atoms with Crippen molar-refractivity contribution in [3.05, 3.63) is 29.3 Å². The number of hydrogen-bond acceptors (Lipinski definition) is 3. The molecule has 2 N–H and O–H groups in total. The Hall–Kier alpha value is -1.75. The zero-order valence-corrected chi connectivity index (χ0v) is 12.7. The Bertz CT molecular complexity index is 521. The van der Waals surface area contributed by atoms with Crippen molar-refractivity contribution in [2.75, 3.05) is 6.54 Å². The number of carbonyl (C=O) groups is 2. The molecule has 0 bridgehead atoms. The Labute approximate surface area is 129 Å². The van der Waals surface area contributed by atoms with Gasteiger partial charge in [0, 0.05) is 6.42 Å². The lowest BCUT2D eigenvalue weighted by molar-refractivity contribution is -0.126. The first kappa shape index (κ1) is 15.6. The predicted octanol–water partition coefficient (Wildman–Crippen LogP) is 1.89. The maximum atomic E-state index is 11.9. The van der Waals surface area contributed by atoms with Gasteiger partial charge in [-0.1, -0.05) is 30.7 Å². The van der Waals surface area contributed by atoms with Crippen LogP contribution >= 0.6 is 11.6 Å². The van der Waals surface area contributed by atoms with E-state index in [2.05, 4.69) is 10.6 Å². The summed E-state index contributed by atoms with van der Waals surface area (Å²) in [5.41, 5.74) is 0. The first-order valence-corrected chi connectivity index (χ1v) is 7.46. The van der Waals surface area contributed by atoms with Gasteiger partial charge in [0.25, 0.3) is 0 Å². The van der Waals surface area contributed by atoms with Gasteiger partial charge in [-0.2, -0.15) is 0 Å². The lowest BCUT2D eigenvalue weighted by atomic mass is 10.2. The van der Waals surface area contributed by atoms with Crippen molar-refractivity contribution < 1.29 is 14.3 Å². The van der Waals surface area contributed by atoms with E-state index in [0.717, 1.165) is 6.42 Å². The van der Waals surface area contributed by atoms with Crippen molar-refractivity contribution in [3.8, 4) is 5.75 Å². The van der Waals surface area contributed by atoms with Crippen molar-refractivity contribution in [3.63, 3.8) is 0 Å². The van der Waals surface area contributed by atoms with Gasteiger partial charge in [0.15, 0.2) is 0 Å². The maximum absolute atomic E-state index is 11.9. The molecule has 0 spiro atoms. The summed E-state index contributed by atoms with van der Waals surface area (Å²) in [6.07, 6.45) is 1.53. The normalized spacial score (nSPS) is 19.0. The van der Waals surface area contributed by atoms with E-state index in [1.807, 2.05) is 19.1 Å². The Balaban J connectivity index is 1.84. The fourth-order valence-corrected chi connectivity index (χ4v) is 2.32. The summed E-state index contributed by atoms with van der Waals surface area (Å²) in [5, 5.41) is 6.00. The summed E-state index contributed by atoms with van der Waals surface area (Å²) in [6, 6.07) is 6.82. The molecule has 1 fully saturated rings. The average molecular weight is 311 g/mol. The molecule has 2 amide bonds. The lowest BCUT2D eigenvalue weighted by Gasteiger charge is -2.20. The van der Waals surface area contributed by atoms with Gasteiger partial charge in [0.1, 0.15) is 17.9 Å². The van der Waals surface area contributed by atoms with E-state index >= 15 is 0 Å². The average Bonchev–Trinajstić information content (AvgIpc) is 2.91. The van der Waals surface area contributed by atoms with Crippen molar-refractivity contribution in [1.82, 2.24) is 10.6 Å². The van der Waals surface area contributed by atoms with Crippen LogP contribution in [-0.4, -0.2) is 30.5 Å². The minimum Gasteiger partial charge on any atom is -0.487 e. The van der Waals surface area contributed by atoms with E-state index in [0.29, 0.717) is 30.2 Å². The molecule has 0 aliphatic carbocycles. The van der Waals surface area contributed by atoms with E-state index in [9.17, 15) is 9.59 Å². The van der Waals surface area contributed by atoms with Gasteiger partial charge in [-0.25, -0.2) is 0 Å². The van der Waals surface area contributed by atoms with Crippen LogP contribution in [0.15, 0.2) is 24.3 Å². The van der Waals surface area contributed by atoms with Crippen LogP contribution in [0.2, 0.25) is 5.02 Å². The molecular formula is C15H19ClN2O3. The topological polar surface area (TPSA) is 67.4 Å². The third-order valence-corrected chi connectivity index (χ3v) is 3.71. The van der Waals surface area contributed by atoms with E-state index in [-0.39, 0.29) is 17.9 Å². The third kappa shape index (κ3) is 4.36. The highest BCUT2D eigenvalue weighted by atomic mass is 35.5. The van der Waals surface area contributed by atoms with Crippen LogP contribution in [0.5, 0.6) is 5.75 Å². The zero-order chi connectivity index (χ0) is 15.2. The number of ether oxygens (including phenoxy) is 1. The molecule has 0 aromatic heterocycles. The zero-order valence-electron chi connectivity index (χ0n) is 11.9. The van der Waals surface area contributed by atoms with Gasteiger partial charge in [-0.15, -0.1) is 0 Å². The molecule has 0 radical (unpaired) electrons. The van der Waals surface area contributed by atoms with Gasteiger partial charge < -0.3 is 15.4 Å². The second-order valence-electron chi connectivity index (χ2n) is 4.98. The van der Waals surface area contributed by atoms with Crippen molar-refractivity contribution in [2.45, 2.75) is 38.3 Å². The van der Waals surface area contributed by atoms with Crippen LogP contribution < -0.4 is 15.4 Å². The quantitative estimate of drug-likeness (QED) is 0.843. The Morgan fingerprint density at radius 3 is 2.90 bits per heavy atom. The van der Waals surface area contributed by atoms with Crippen LogP contribution in [0.25, 0.3) is 0 Å². The first-order chi connectivity index (χ1) is 10.1. The lowest BCUT2D eigenvalue weighted by Crippen LogP contribution is -2.45. The van der Waals surface area contributed by atoms with Crippen molar-refractivity contribution in [1.29, 1.82) is 0 Å². The Kier molecular flexibility index (Phi) is 5.44. The van der Waals surface area contributed by atoms with Crippen LogP contribution in [0.4, 0.5) is 0 Å². The molecule has 2 rings (SSSR count). The number of benzene rings is 1. The molecule has 114 valence electrons. The summed E-state index contributed by atoms with van der Waals surface area (Å²) < 4.78 is 5.79. The van der Waals surface area contributed by atoms with Crippen LogP contribution in [0, 0.1) is 0 Å². The second-order valence-corrected chi connectivity index (χ2v) is 5.39. The molecule has 1 aromatic rings. The van der Waals surface area contributed by atoms with Crippen molar-refractivity contribution in [2.24, 2.45) is 0 Å². The molecule has 2 atom stereocenters. The molecule has 0 unspecified atom stereocenters. The summed E-state index contributed by atoms with van der Waals surface area (Å²) in [4.78, 5) is 23.0. The van der Waals surface area contributed by atoms with E-state index in [1.54, 1.807) is 12.1 Å². The highest BCUT2D eigenvalue weighted by Crippen LogP contribution is 2.24. The second kappa shape index (κ2) is 7.31. The molecule has 6 heteroatoms. The predicted molar refractivity (Wildman–Crippen MR) is 80.3 cm³/mol. The molecule has 1 aliphatic heterocycles. The van der Waals surface area contributed by atoms with E-state index in [4.69, 9.17) is 16.3 Å².